The summed E-state index contributed by atoms with van der Waals surface area (Å²) in [5.74, 6) is 0. The van der Waals surface area contributed by atoms with Crippen molar-refractivity contribution in [2.24, 2.45) is 12.8 Å². The van der Waals surface area contributed by atoms with Crippen LogP contribution >= 0.6 is 11.6 Å². The van der Waals surface area contributed by atoms with E-state index in [2.05, 4.69) is 4.98 Å². The summed E-state index contributed by atoms with van der Waals surface area (Å²) >= 11 is 6.19. The highest BCUT2D eigenvalue weighted by Gasteiger charge is 2.07. The van der Waals surface area contributed by atoms with E-state index in [1.54, 1.807) is 6.33 Å². The highest BCUT2D eigenvalue weighted by Crippen LogP contribution is 2.24. The Bertz CT molecular complexity index is 488. The molecule has 0 saturated carbocycles. The Hall–Kier alpha value is -1.06. The van der Waals surface area contributed by atoms with Crippen molar-refractivity contribution in [1.82, 2.24) is 9.55 Å². The van der Waals surface area contributed by atoms with E-state index in [4.69, 9.17) is 17.3 Å². The number of aryl methyl sites for hydroxylation is 1. The molecule has 4 heteroatoms. The van der Waals surface area contributed by atoms with Crippen LogP contribution in [0.1, 0.15) is 12.5 Å². The molecule has 2 rings (SSSR count). The zero-order valence-corrected chi connectivity index (χ0v) is 9.62. The van der Waals surface area contributed by atoms with Crippen LogP contribution < -0.4 is 5.73 Å². The highest BCUT2D eigenvalue weighted by molar-refractivity contribution is 6.35. The molecule has 0 fully saturated rings. The molecule has 2 N–H and O–H groups in total. The van der Waals surface area contributed by atoms with Crippen molar-refractivity contribution < 1.29 is 0 Å². The third kappa shape index (κ3) is 1.98. The summed E-state index contributed by atoms with van der Waals surface area (Å²) in [5.41, 5.74) is 8.80. The molecule has 1 atom stereocenters. The van der Waals surface area contributed by atoms with Gasteiger partial charge in [-0.1, -0.05) is 11.6 Å². The van der Waals surface area contributed by atoms with Gasteiger partial charge in [0.2, 0.25) is 0 Å². The highest BCUT2D eigenvalue weighted by atomic mass is 35.5. The number of hydrogen-bond acceptors (Lipinski definition) is 2. The lowest BCUT2D eigenvalue weighted by Gasteiger charge is -2.06. The van der Waals surface area contributed by atoms with Gasteiger partial charge in [0.05, 0.1) is 22.4 Å². The largest absolute Gasteiger partial charge is 0.333 e. The molecule has 0 aliphatic heterocycles. The molecule has 0 aliphatic carbocycles. The number of rotatable bonds is 2. The molecule has 0 amide bonds. The van der Waals surface area contributed by atoms with Crippen molar-refractivity contribution in [3.8, 4) is 0 Å². The van der Waals surface area contributed by atoms with Gasteiger partial charge >= 0.3 is 0 Å². The Kier molecular flexibility index (Phi) is 2.67. The van der Waals surface area contributed by atoms with Gasteiger partial charge in [0, 0.05) is 13.1 Å². The molecule has 3 nitrogen and oxygen atoms in total. The van der Waals surface area contributed by atoms with Crippen LogP contribution in [0.25, 0.3) is 11.0 Å². The van der Waals surface area contributed by atoms with Crippen molar-refractivity contribution >= 4 is 22.6 Å². The van der Waals surface area contributed by atoms with Crippen LogP contribution in [0.15, 0.2) is 18.5 Å². The smallest absolute Gasteiger partial charge is 0.0956 e. The first-order chi connectivity index (χ1) is 7.08. The molecule has 2 aromatic rings. The first kappa shape index (κ1) is 10.5. The molecule has 1 aromatic carbocycles. The molecular weight excluding hydrogens is 210 g/mol. The number of nitrogens with zero attached hydrogens (tertiary/aromatic N) is 2. The molecule has 1 aromatic heterocycles. The number of aromatic nitrogens is 2. The van der Waals surface area contributed by atoms with Gasteiger partial charge in [-0.2, -0.15) is 0 Å². The summed E-state index contributed by atoms with van der Waals surface area (Å²) < 4.78 is 1.92. The molecule has 1 heterocycles. The quantitative estimate of drug-likeness (QED) is 0.848. The van der Waals surface area contributed by atoms with E-state index in [1.807, 2.05) is 30.7 Å². The zero-order chi connectivity index (χ0) is 11.0. The fourth-order valence-electron chi connectivity index (χ4n) is 1.78. The molecule has 0 radical (unpaired) electrons. The average molecular weight is 224 g/mol. The van der Waals surface area contributed by atoms with Gasteiger partial charge in [-0.3, -0.25) is 0 Å². The Morgan fingerprint density at radius 3 is 2.93 bits per heavy atom. The lowest BCUT2D eigenvalue weighted by Crippen LogP contribution is -2.17. The zero-order valence-electron chi connectivity index (χ0n) is 8.87. The predicted molar refractivity (Wildman–Crippen MR) is 63.1 cm³/mol. The molecular formula is C11H14ClN3. The van der Waals surface area contributed by atoms with Gasteiger partial charge in [0.25, 0.3) is 0 Å². The van der Waals surface area contributed by atoms with Crippen LogP contribution in [0.3, 0.4) is 0 Å². The van der Waals surface area contributed by atoms with E-state index < -0.39 is 0 Å². The van der Waals surface area contributed by atoms with Gasteiger partial charge in [-0.05, 0) is 31.0 Å². The minimum Gasteiger partial charge on any atom is -0.333 e. The van der Waals surface area contributed by atoms with E-state index in [0.717, 1.165) is 28.0 Å². The number of hydrogen-bond donors (Lipinski definition) is 1. The third-order valence-electron chi connectivity index (χ3n) is 2.38. The lowest BCUT2D eigenvalue weighted by molar-refractivity contribution is 0.738. The second kappa shape index (κ2) is 3.83. The van der Waals surface area contributed by atoms with Crippen molar-refractivity contribution in [2.45, 2.75) is 19.4 Å². The van der Waals surface area contributed by atoms with E-state index in [0.29, 0.717) is 0 Å². The van der Waals surface area contributed by atoms with Crippen molar-refractivity contribution in [3.63, 3.8) is 0 Å². The van der Waals surface area contributed by atoms with Crippen LogP contribution in [-0.2, 0) is 13.5 Å². The summed E-state index contributed by atoms with van der Waals surface area (Å²) in [4.78, 5) is 4.28. The SMILES string of the molecule is CC(N)Cc1cc(Cl)c2c(c1)ncn2C. The van der Waals surface area contributed by atoms with Crippen molar-refractivity contribution in [2.75, 3.05) is 0 Å². The standard InChI is InChI=1S/C11H14ClN3/c1-7(13)3-8-4-9(12)11-10(5-8)14-6-15(11)2/h4-7H,3,13H2,1-2H3. The van der Waals surface area contributed by atoms with Gasteiger partial charge in [-0.25, -0.2) is 4.98 Å². The first-order valence-electron chi connectivity index (χ1n) is 4.93. The monoisotopic (exact) mass is 223 g/mol. The summed E-state index contributed by atoms with van der Waals surface area (Å²) in [5, 5.41) is 0.739. The van der Waals surface area contributed by atoms with E-state index in [1.165, 1.54) is 0 Å². The maximum absolute atomic E-state index is 6.19. The number of fused-ring (bicyclic) bond motifs is 1. The molecule has 0 saturated heterocycles. The predicted octanol–water partition coefficient (Wildman–Crippen LogP) is 2.12. The third-order valence-corrected chi connectivity index (χ3v) is 2.67. The Labute approximate surface area is 93.9 Å². The van der Waals surface area contributed by atoms with Crippen molar-refractivity contribution in [1.29, 1.82) is 0 Å². The Balaban J connectivity index is 2.53. The second-order valence-corrected chi connectivity index (χ2v) is 4.39. The van der Waals surface area contributed by atoms with Crippen LogP contribution in [0.4, 0.5) is 0 Å². The molecule has 80 valence electrons. The van der Waals surface area contributed by atoms with Crippen LogP contribution in [-0.4, -0.2) is 15.6 Å². The van der Waals surface area contributed by atoms with E-state index >= 15 is 0 Å². The van der Waals surface area contributed by atoms with Gasteiger partial charge < -0.3 is 10.3 Å². The maximum Gasteiger partial charge on any atom is 0.0956 e. The number of benzene rings is 1. The van der Waals surface area contributed by atoms with Gasteiger partial charge in [0.15, 0.2) is 0 Å². The molecule has 15 heavy (non-hydrogen) atoms. The van der Waals surface area contributed by atoms with Gasteiger partial charge in [-0.15, -0.1) is 0 Å². The average Bonchev–Trinajstić information content (AvgIpc) is 2.46. The van der Waals surface area contributed by atoms with E-state index in [-0.39, 0.29) is 6.04 Å². The minimum atomic E-state index is 0.141. The number of imidazole rings is 1. The summed E-state index contributed by atoms with van der Waals surface area (Å²) in [6.07, 6.45) is 2.60. The minimum absolute atomic E-state index is 0.141. The number of nitrogens with two attached hydrogens (primary N) is 1. The Morgan fingerprint density at radius 1 is 1.53 bits per heavy atom. The Morgan fingerprint density at radius 2 is 2.27 bits per heavy atom. The second-order valence-electron chi connectivity index (χ2n) is 3.98. The summed E-state index contributed by atoms with van der Waals surface area (Å²) in [7, 11) is 1.94. The van der Waals surface area contributed by atoms with Crippen molar-refractivity contribution in [3.05, 3.63) is 29.0 Å². The summed E-state index contributed by atoms with van der Waals surface area (Å²) in [6.45, 7) is 1.98. The first-order valence-corrected chi connectivity index (χ1v) is 5.30. The van der Waals surface area contributed by atoms with Crippen LogP contribution in [0, 0.1) is 0 Å². The topological polar surface area (TPSA) is 43.8 Å². The lowest BCUT2D eigenvalue weighted by atomic mass is 10.1. The summed E-state index contributed by atoms with van der Waals surface area (Å²) in [6, 6.07) is 4.15. The van der Waals surface area contributed by atoms with E-state index in [9.17, 15) is 0 Å². The van der Waals surface area contributed by atoms with Crippen LogP contribution in [0.5, 0.6) is 0 Å². The fraction of sp³-hybridized carbons (Fsp3) is 0.364. The normalized spacial score (nSPS) is 13.3. The molecule has 0 spiro atoms. The maximum atomic E-state index is 6.19. The fourth-order valence-corrected chi connectivity index (χ4v) is 2.15. The number of halogens is 1. The van der Waals surface area contributed by atoms with Gasteiger partial charge in [0.1, 0.15) is 0 Å². The molecule has 0 bridgehead atoms. The molecule has 1 unspecified atom stereocenters. The van der Waals surface area contributed by atoms with Crippen LogP contribution in [0.2, 0.25) is 5.02 Å². The molecule has 0 aliphatic rings.